The fraction of sp³-hybridized carbons (Fsp3) is 0.500. The summed E-state index contributed by atoms with van der Waals surface area (Å²) < 4.78 is 0. The molecule has 0 spiro atoms. The Bertz CT molecular complexity index is 120. The summed E-state index contributed by atoms with van der Waals surface area (Å²) in [7, 11) is 0. The number of carboxylic acid groups (broad SMARTS) is 3. The summed E-state index contributed by atoms with van der Waals surface area (Å²) in [6, 6.07) is 0. The van der Waals surface area contributed by atoms with Crippen molar-refractivity contribution in [1.82, 2.24) is 0 Å². The van der Waals surface area contributed by atoms with Gasteiger partial charge < -0.3 is 29.7 Å². The number of carboxylic acids is 3. The molecular formula is C6H9AgBiO6+. The predicted octanol–water partition coefficient (Wildman–Crippen LogP) is -4.11. The summed E-state index contributed by atoms with van der Waals surface area (Å²) in [4.78, 5) is 26.7. The number of carbonyl (C=O) groups is 3. The minimum absolute atomic E-state index is 0. The quantitative estimate of drug-likeness (QED) is 0.316. The number of carbonyl (C=O) groups excluding carboxylic acids is 3. The van der Waals surface area contributed by atoms with E-state index in [9.17, 15) is 0 Å². The van der Waals surface area contributed by atoms with E-state index in [4.69, 9.17) is 29.7 Å². The van der Waals surface area contributed by atoms with Crippen molar-refractivity contribution in [2.45, 2.75) is 20.8 Å². The molecule has 0 fully saturated rings. The number of hydrogen-bond acceptors (Lipinski definition) is 6. The van der Waals surface area contributed by atoms with Crippen LogP contribution >= 0.6 is 0 Å². The third-order valence-corrected chi connectivity index (χ3v) is 0. The molecule has 0 atom stereocenters. The first kappa shape index (κ1) is 29.2. The van der Waals surface area contributed by atoms with Gasteiger partial charge in [-0.15, -0.1) is 0 Å². The van der Waals surface area contributed by atoms with Crippen LogP contribution in [0.1, 0.15) is 20.8 Å². The first-order valence-electron chi connectivity index (χ1n) is 2.72. The van der Waals surface area contributed by atoms with Crippen molar-refractivity contribution < 1.29 is 52.1 Å². The molecule has 0 aliphatic heterocycles. The van der Waals surface area contributed by atoms with Gasteiger partial charge in [0, 0.05) is 17.9 Å². The minimum Gasteiger partial charge on any atom is -0.550 e. The molecule has 0 aromatic rings. The maximum absolute atomic E-state index is 8.89. The van der Waals surface area contributed by atoms with Gasteiger partial charge in [0.05, 0.1) is 0 Å². The van der Waals surface area contributed by atoms with E-state index in [1.165, 1.54) is 0 Å². The summed E-state index contributed by atoms with van der Waals surface area (Å²) in [5.41, 5.74) is 0. The van der Waals surface area contributed by atoms with Crippen LogP contribution in [0.3, 0.4) is 0 Å². The van der Waals surface area contributed by atoms with E-state index >= 15 is 0 Å². The molecule has 14 heavy (non-hydrogen) atoms. The minimum atomic E-state index is -1.08. The second-order valence-electron chi connectivity index (χ2n) is 1.47. The van der Waals surface area contributed by atoms with Crippen LogP contribution in [0.25, 0.3) is 0 Å². The average Bonchev–Trinajstić information content (AvgIpc) is 1.54. The van der Waals surface area contributed by atoms with E-state index < -0.39 is 17.9 Å². The van der Waals surface area contributed by atoms with E-state index in [0.29, 0.717) is 0 Å². The van der Waals surface area contributed by atoms with Gasteiger partial charge in [-0.1, -0.05) is 0 Å². The summed E-state index contributed by atoms with van der Waals surface area (Å²) in [6.07, 6.45) is 0. The maximum Gasteiger partial charge on any atom is 3.00 e. The Labute approximate surface area is 116 Å². The van der Waals surface area contributed by atoms with Crippen LogP contribution in [-0.4, -0.2) is 44.1 Å². The van der Waals surface area contributed by atoms with Crippen molar-refractivity contribution in [2.75, 3.05) is 0 Å². The van der Waals surface area contributed by atoms with Crippen LogP contribution in [0.5, 0.6) is 0 Å². The molecule has 0 rings (SSSR count). The monoisotopic (exact) mass is 493 g/mol. The Morgan fingerprint density at radius 1 is 0.714 bits per heavy atom. The van der Waals surface area contributed by atoms with E-state index in [1.807, 2.05) is 0 Å². The first-order valence-corrected chi connectivity index (χ1v) is 2.72. The van der Waals surface area contributed by atoms with E-state index in [1.54, 1.807) is 0 Å². The van der Waals surface area contributed by atoms with Crippen molar-refractivity contribution in [2.24, 2.45) is 0 Å². The molecule has 8 heteroatoms. The van der Waals surface area contributed by atoms with Crippen molar-refractivity contribution >= 4 is 44.1 Å². The zero-order valence-electron chi connectivity index (χ0n) is 7.70. The van der Waals surface area contributed by atoms with E-state index in [-0.39, 0.29) is 48.6 Å². The molecule has 0 bridgehead atoms. The van der Waals surface area contributed by atoms with Gasteiger partial charge in [-0.25, -0.2) is 0 Å². The van der Waals surface area contributed by atoms with Gasteiger partial charge in [0.25, 0.3) is 0 Å². The fourth-order valence-electron chi connectivity index (χ4n) is 0. The molecule has 0 N–H and O–H groups in total. The molecule has 0 aliphatic rings. The van der Waals surface area contributed by atoms with Gasteiger partial charge in [-0.2, -0.15) is 0 Å². The Hall–Kier alpha value is 0.0334. The van der Waals surface area contributed by atoms with Crippen molar-refractivity contribution in [3.63, 3.8) is 0 Å². The summed E-state index contributed by atoms with van der Waals surface area (Å²) in [5, 5.41) is 26.7. The molecule has 0 saturated carbocycles. The smallest absolute Gasteiger partial charge is 0.550 e. The molecule has 0 unspecified atom stereocenters. The number of aliphatic carboxylic acids is 3. The normalized spacial score (nSPS) is 5.36. The molecule has 2 radical (unpaired) electrons. The van der Waals surface area contributed by atoms with E-state index in [0.717, 1.165) is 20.8 Å². The summed E-state index contributed by atoms with van der Waals surface area (Å²) in [6.45, 7) is 2.92. The Morgan fingerprint density at radius 3 is 0.714 bits per heavy atom. The van der Waals surface area contributed by atoms with Crippen molar-refractivity contribution in [1.29, 1.82) is 0 Å². The van der Waals surface area contributed by atoms with Crippen LogP contribution in [0.4, 0.5) is 0 Å². The van der Waals surface area contributed by atoms with E-state index in [2.05, 4.69) is 0 Å². The van der Waals surface area contributed by atoms with Crippen LogP contribution in [-0.2, 0) is 36.8 Å². The van der Waals surface area contributed by atoms with Crippen LogP contribution in [0.15, 0.2) is 0 Å². The average molecular weight is 494 g/mol. The molecule has 0 aromatic heterocycles. The molecular weight excluding hydrogens is 485 g/mol. The molecule has 0 aliphatic carbocycles. The van der Waals surface area contributed by atoms with Crippen molar-refractivity contribution in [3.8, 4) is 0 Å². The third kappa shape index (κ3) is 1310000. The fourth-order valence-corrected chi connectivity index (χ4v) is 0. The van der Waals surface area contributed by atoms with Gasteiger partial charge >= 0.3 is 48.6 Å². The molecule has 6 nitrogen and oxygen atoms in total. The molecule has 0 saturated heterocycles. The number of hydrogen-bond donors (Lipinski definition) is 0. The van der Waals surface area contributed by atoms with Crippen LogP contribution in [0.2, 0.25) is 0 Å². The van der Waals surface area contributed by atoms with Crippen LogP contribution in [0, 0.1) is 0 Å². The second-order valence-corrected chi connectivity index (χ2v) is 1.47. The largest absolute Gasteiger partial charge is 3.00 e. The maximum atomic E-state index is 8.89. The van der Waals surface area contributed by atoms with Crippen LogP contribution < -0.4 is 15.3 Å². The van der Waals surface area contributed by atoms with Gasteiger partial charge in [-0.05, 0) is 20.8 Å². The Morgan fingerprint density at radius 2 is 0.714 bits per heavy atom. The summed E-state index contributed by atoms with van der Waals surface area (Å²) >= 11 is 0. The number of rotatable bonds is 0. The van der Waals surface area contributed by atoms with Gasteiger partial charge in [0.1, 0.15) is 0 Å². The second kappa shape index (κ2) is 23.1. The molecule has 0 heterocycles. The Balaban J connectivity index is -0.0000000270. The predicted molar refractivity (Wildman–Crippen MR) is 37.8 cm³/mol. The van der Waals surface area contributed by atoms with Gasteiger partial charge in [0.2, 0.25) is 0 Å². The van der Waals surface area contributed by atoms with Crippen molar-refractivity contribution in [3.05, 3.63) is 0 Å². The SMILES string of the molecule is CC(=O)[O-].CC(=O)[O-].CC(=O)[O-].[Ag+].[Bi+3]. The molecule has 0 aromatic carbocycles. The topological polar surface area (TPSA) is 120 Å². The summed E-state index contributed by atoms with van der Waals surface area (Å²) in [5.74, 6) is -3.25. The zero-order valence-corrected chi connectivity index (χ0v) is 12.7. The van der Waals surface area contributed by atoms with Gasteiger partial charge in [-0.3, -0.25) is 0 Å². The van der Waals surface area contributed by atoms with Gasteiger partial charge in [0.15, 0.2) is 0 Å². The first-order chi connectivity index (χ1) is 5.20. The molecule has 0 amide bonds. The zero-order chi connectivity index (χ0) is 10.7. The third-order valence-electron chi connectivity index (χ3n) is 0. The molecule has 84 valence electrons. The standard InChI is InChI=1S/3C2H4O2.Ag.Bi/c3*1-2(3)4;;/h3*1H3,(H,3,4);;/q;;;+1;+3/p-3. The Kier molecular flexibility index (Phi) is 48.3.